The molecular weight excluding hydrogens is 331 g/mol. The second-order valence-electron chi connectivity index (χ2n) is 5.32. The number of pyridine rings is 2. The first-order chi connectivity index (χ1) is 11.3. The number of alkyl halides is 3. The summed E-state index contributed by atoms with van der Waals surface area (Å²) in [7, 11) is 0. The zero-order chi connectivity index (χ0) is 17.3. The number of piperazine rings is 1. The Morgan fingerprint density at radius 2 is 1.62 bits per heavy atom. The lowest BCUT2D eigenvalue weighted by Gasteiger charge is -2.36. The van der Waals surface area contributed by atoms with Crippen LogP contribution in [0.2, 0.25) is 0 Å². The Bertz CT molecular complexity index is 726. The normalized spacial score (nSPS) is 15.7. The van der Waals surface area contributed by atoms with Crippen LogP contribution in [0, 0.1) is 11.8 Å². The molecule has 0 radical (unpaired) electrons. The van der Waals surface area contributed by atoms with E-state index in [1.807, 2.05) is 4.90 Å². The topological polar surface area (TPSA) is 32.3 Å². The fourth-order valence-corrected chi connectivity index (χ4v) is 2.54. The monoisotopic (exact) mass is 344 g/mol. The molecule has 128 valence electrons. The van der Waals surface area contributed by atoms with Gasteiger partial charge in [-0.15, -0.1) is 0 Å². The molecule has 0 amide bonds. The van der Waals surface area contributed by atoms with Crippen molar-refractivity contribution in [1.29, 1.82) is 0 Å². The third-order valence-corrected chi connectivity index (χ3v) is 3.75. The van der Waals surface area contributed by atoms with Gasteiger partial charge in [0, 0.05) is 32.4 Å². The molecule has 2 aromatic heterocycles. The van der Waals surface area contributed by atoms with Crippen LogP contribution in [0.15, 0.2) is 30.5 Å². The molecule has 1 aliphatic heterocycles. The van der Waals surface area contributed by atoms with Crippen molar-refractivity contribution in [2.75, 3.05) is 36.0 Å². The summed E-state index contributed by atoms with van der Waals surface area (Å²) in [5.74, 6) is -1.25. The van der Waals surface area contributed by atoms with Crippen molar-refractivity contribution in [3.05, 3.63) is 47.8 Å². The molecule has 0 atom stereocenters. The second-order valence-corrected chi connectivity index (χ2v) is 5.32. The quantitative estimate of drug-likeness (QED) is 0.619. The number of rotatable bonds is 2. The maximum absolute atomic E-state index is 14.0. The van der Waals surface area contributed by atoms with Crippen molar-refractivity contribution in [2.24, 2.45) is 0 Å². The van der Waals surface area contributed by atoms with E-state index in [9.17, 15) is 22.0 Å². The van der Waals surface area contributed by atoms with Gasteiger partial charge in [0.25, 0.3) is 0 Å². The zero-order valence-corrected chi connectivity index (χ0v) is 12.4. The van der Waals surface area contributed by atoms with Crippen LogP contribution in [0.1, 0.15) is 5.56 Å². The molecule has 3 heterocycles. The summed E-state index contributed by atoms with van der Waals surface area (Å²) in [5.41, 5.74) is -1.12. The molecule has 4 nitrogen and oxygen atoms in total. The average molecular weight is 344 g/mol. The fraction of sp³-hybridized carbons (Fsp3) is 0.333. The first-order valence-electron chi connectivity index (χ1n) is 7.20. The van der Waals surface area contributed by atoms with Crippen molar-refractivity contribution in [2.45, 2.75) is 6.18 Å². The molecule has 24 heavy (non-hydrogen) atoms. The van der Waals surface area contributed by atoms with Gasteiger partial charge in [-0.2, -0.15) is 17.6 Å². The van der Waals surface area contributed by atoms with E-state index in [4.69, 9.17) is 0 Å². The highest BCUT2D eigenvalue weighted by molar-refractivity contribution is 5.46. The largest absolute Gasteiger partial charge is 0.417 e. The third kappa shape index (κ3) is 3.39. The first-order valence-corrected chi connectivity index (χ1v) is 7.20. The lowest BCUT2D eigenvalue weighted by molar-refractivity contribution is -0.138. The highest BCUT2D eigenvalue weighted by Crippen LogP contribution is 2.31. The summed E-state index contributed by atoms with van der Waals surface area (Å²) in [6.45, 7) is 1.54. The van der Waals surface area contributed by atoms with E-state index in [0.29, 0.717) is 44.3 Å². The van der Waals surface area contributed by atoms with Crippen LogP contribution in [0.5, 0.6) is 0 Å². The van der Waals surface area contributed by atoms with Gasteiger partial charge in [-0.05, 0) is 18.2 Å². The highest BCUT2D eigenvalue weighted by atomic mass is 19.4. The second kappa shape index (κ2) is 6.21. The summed E-state index contributed by atoms with van der Waals surface area (Å²) in [4.78, 5) is 10.8. The summed E-state index contributed by atoms with van der Waals surface area (Å²) >= 11 is 0. The van der Waals surface area contributed by atoms with E-state index in [0.717, 1.165) is 0 Å². The Kier molecular flexibility index (Phi) is 4.25. The predicted molar refractivity (Wildman–Crippen MR) is 77.8 cm³/mol. The van der Waals surface area contributed by atoms with Crippen LogP contribution in [-0.4, -0.2) is 36.1 Å². The molecule has 0 N–H and O–H groups in total. The minimum Gasteiger partial charge on any atom is -0.353 e. The molecular formula is C15H13F5N4. The summed E-state index contributed by atoms with van der Waals surface area (Å²) < 4.78 is 64.8. The lowest BCUT2D eigenvalue weighted by Crippen LogP contribution is -2.47. The molecule has 1 fully saturated rings. The molecule has 3 rings (SSSR count). The standard InChI is InChI=1S/C15H13F5N4/c16-11-8-10(15(18,19)20)9-21-14(11)24-6-4-23(5-7-24)13-3-1-2-12(17)22-13/h1-3,8-9H,4-7H2. The summed E-state index contributed by atoms with van der Waals surface area (Å²) in [6, 6.07) is 4.89. The van der Waals surface area contributed by atoms with Crippen molar-refractivity contribution in [3.63, 3.8) is 0 Å². The SMILES string of the molecule is Fc1cccc(N2CCN(c3ncc(C(F)(F)F)cc3F)CC2)n1. The van der Waals surface area contributed by atoms with E-state index in [-0.39, 0.29) is 5.82 Å². The van der Waals surface area contributed by atoms with E-state index >= 15 is 0 Å². The van der Waals surface area contributed by atoms with Crippen molar-refractivity contribution < 1.29 is 22.0 Å². The molecule has 2 aromatic rings. The molecule has 0 saturated carbocycles. The Morgan fingerprint density at radius 3 is 2.21 bits per heavy atom. The van der Waals surface area contributed by atoms with Crippen LogP contribution in [-0.2, 0) is 6.18 Å². The highest BCUT2D eigenvalue weighted by Gasteiger charge is 2.32. The van der Waals surface area contributed by atoms with Crippen LogP contribution < -0.4 is 9.80 Å². The van der Waals surface area contributed by atoms with Crippen LogP contribution in [0.4, 0.5) is 33.6 Å². The average Bonchev–Trinajstić information content (AvgIpc) is 2.54. The Hall–Kier alpha value is -2.45. The summed E-state index contributed by atoms with van der Waals surface area (Å²) in [6.07, 6.45) is -4.01. The number of hydrogen-bond donors (Lipinski definition) is 0. The number of halogens is 5. The van der Waals surface area contributed by atoms with Crippen LogP contribution in [0.3, 0.4) is 0 Å². The number of anilines is 2. The van der Waals surface area contributed by atoms with E-state index in [2.05, 4.69) is 9.97 Å². The van der Waals surface area contributed by atoms with E-state index in [1.54, 1.807) is 17.0 Å². The smallest absolute Gasteiger partial charge is 0.353 e. The van der Waals surface area contributed by atoms with Crippen molar-refractivity contribution >= 4 is 11.6 Å². The van der Waals surface area contributed by atoms with Gasteiger partial charge < -0.3 is 9.80 Å². The molecule has 1 aliphatic rings. The van der Waals surface area contributed by atoms with Gasteiger partial charge in [-0.1, -0.05) is 6.07 Å². The molecule has 1 saturated heterocycles. The van der Waals surface area contributed by atoms with Gasteiger partial charge in [0.15, 0.2) is 11.6 Å². The van der Waals surface area contributed by atoms with Gasteiger partial charge in [-0.25, -0.2) is 14.4 Å². The van der Waals surface area contributed by atoms with Gasteiger partial charge in [0.2, 0.25) is 5.95 Å². The van der Waals surface area contributed by atoms with Crippen molar-refractivity contribution in [3.8, 4) is 0 Å². The molecule has 0 unspecified atom stereocenters. The first kappa shape index (κ1) is 16.4. The van der Waals surface area contributed by atoms with Gasteiger partial charge in [0.1, 0.15) is 5.82 Å². The van der Waals surface area contributed by atoms with E-state index < -0.39 is 23.5 Å². The van der Waals surface area contributed by atoms with Gasteiger partial charge >= 0.3 is 6.18 Å². The molecule has 0 spiro atoms. The Morgan fingerprint density at radius 1 is 0.958 bits per heavy atom. The minimum atomic E-state index is -4.63. The number of nitrogens with zero attached hydrogens (tertiary/aromatic N) is 4. The van der Waals surface area contributed by atoms with Crippen LogP contribution in [0.25, 0.3) is 0 Å². The summed E-state index contributed by atoms with van der Waals surface area (Å²) in [5, 5.41) is 0. The van der Waals surface area contributed by atoms with Crippen LogP contribution >= 0.6 is 0 Å². The zero-order valence-electron chi connectivity index (χ0n) is 12.4. The number of hydrogen-bond acceptors (Lipinski definition) is 4. The lowest BCUT2D eigenvalue weighted by atomic mass is 10.2. The fourth-order valence-electron chi connectivity index (χ4n) is 2.54. The molecule has 0 aromatic carbocycles. The van der Waals surface area contributed by atoms with Crippen molar-refractivity contribution in [1.82, 2.24) is 9.97 Å². The predicted octanol–water partition coefficient (Wildman–Crippen LogP) is 3.10. The maximum Gasteiger partial charge on any atom is 0.417 e. The molecule has 0 aliphatic carbocycles. The Labute approximate surface area is 134 Å². The Balaban J connectivity index is 1.71. The maximum atomic E-state index is 14.0. The molecule has 0 bridgehead atoms. The molecule has 9 heteroatoms. The minimum absolute atomic E-state index is 0.116. The van der Waals surface area contributed by atoms with E-state index in [1.165, 1.54) is 6.07 Å². The third-order valence-electron chi connectivity index (χ3n) is 3.75. The van der Waals surface area contributed by atoms with Gasteiger partial charge in [0.05, 0.1) is 5.56 Å². The van der Waals surface area contributed by atoms with Gasteiger partial charge in [-0.3, -0.25) is 0 Å². The number of aromatic nitrogens is 2.